The van der Waals surface area contributed by atoms with Gasteiger partial charge in [-0.3, -0.25) is 4.98 Å². The molecule has 0 rings (SSSR count). The Balaban J connectivity index is 4.49. The Bertz CT molecular complexity index is 250. The van der Waals surface area contributed by atoms with E-state index in [2.05, 4.69) is 4.98 Å². The average molecular weight is 398 g/mol. The molecule has 0 amide bonds. The normalized spacial score (nSPS) is 12.7. The van der Waals surface area contributed by atoms with E-state index in [0.29, 0.717) is 39.6 Å². The van der Waals surface area contributed by atoms with E-state index in [-0.39, 0.29) is 0 Å². The van der Waals surface area contributed by atoms with Crippen LogP contribution in [0.15, 0.2) is 0 Å². The third-order valence-corrected chi connectivity index (χ3v) is 9.19. The van der Waals surface area contributed by atoms with Gasteiger partial charge in [-0.05, 0) is 60.9 Å². The Labute approximate surface area is 156 Å². The number of nitrogens with one attached hydrogen (secondary N) is 1. The molecule has 0 aliphatic rings. The Morgan fingerprint density at radius 2 is 0.960 bits per heavy atom. The van der Waals surface area contributed by atoms with Gasteiger partial charge >= 0.3 is 17.8 Å². The third-order valence-electron chi connectivity index (χ3n) is 3.35. The van der Waals surface area contributed by atoms with Crippen LogP contribution in [0.2, 0.25) is 6.04 Å². The van der Waals surface area contributed by atoms with E-state index in [1.807, 2.05) is 41.5 Å². The van der Waals surface area contributed by atoms with Gasteiger partial charge in [0.05, 0.1) is 0 Å². The molecular formula is C16H39NO6Si2. The summed E-state index contributed by atoms with van der Waals surface area (Å²) in [4.78, 5) is 3.38. The van der Waals surface area contributed by atoms with Crippen molar-refractivity contribution in [2.45, 2.75) is 60.4 Å². The van der Waals surface area contributed by atoms with Gasteiger partial charge in [0.15, 0.2) is 0 Å². The van der Waals surface area contributed by atoms with Crippen molar-refractivity contribution in [3.8, 4) is 0 Å². The summed E-state index contributed by atoms with van der Waals surface area (Å²) in [6.45, 7) is 16.1. The standard InChI is InChI=1S/C16H39NO6Si2/c1-7-18-24(19-8-2,20-9-3)16-14-13-15-17-25(21-10-4,22-11-5)23-12-6/h17H,7-16H2,1-6H3. The lowest BCUT2D eigenvalue weighted by Crippen LogP contribution is -2.59. The maximum atomic E-state index is 5.88. The van der Waals surface area contributed by atoms with Gasteiger partial charge in [0, 0.05) is 45.7 Å². The minimum Gasteiger partial charge on any atom is -0.374 e. The smallest absolute Gasteiger partial charge is 0.374 e. The average Bonchev–Trinajstić information content (AvgIpc) is 2.56. The molecule has 0 radical (unpaired) electrons. The van der Waals surface area contributed by atoms with Crippen molar-refractivity contribution in [2.24, 2.45) is 0 Å². The molecule has 0 bridgehead atoms. The zero-order valence-corrected chi connectivity index (χ0v) is 19.0. The van der Waals surface area contributed by atoms with E-state index in [4.69, 9.17) is 26.6 Å². The quantitative estimate of drug-likeness (QED) is 0.282. The van der Waals surface area contributed by atoms with Crippen LogP contribution in [0.3, 0.4) is 0 Å². The third kappa shape index (κ3) is 10.2. The van der Waals surface area contributed by atoms with Gasteiger partial charge in [0.1, 0.15) is 0 Å². The van der Waals surface area contributed by atoms with Crippen molar-refractivity contribution in [2.75, 3.05) is 46.2 Å². The van der Waals surface area contributed by atoms with Gasteiger partial charge in [-0.2, -0.15) is 0 Å². The maximum absolute atomic E-state index is 5.88. The van der Waals surface area contributed by atoms with Crippen molar-refractivity contribution >= 4 is 17.8 Å². The van der Waals surface area contributed by atoms with Crippen LogP contribution in [0.4, 0.5) is 0 Å². The Morgan fingerprint density at radius 3 is 1.32 bits per heavy atom. The number of hydrogen-bond acceptors (Lipinski definition) is 7. The van der Waals surface area contributed by atoms with Gasteiger partial charge in [-0.1, -0.05) is 0 Å². The molecule has 0 unspecified atom stereocenters. The van der Waals surface area contributed by atoms with E-state index in [1.165, 1.54) is 0 Å². The zero-order valence-electron chi connectivity index (χ0n) is 17.0. The molecule has 9 heteroatoms. The summed E-state index contributed by atoms with van der Waals surface area (Å²) in [5.41, 5.74) is 0. The van der Waals surface area contributed by atoms with Crippen molar-refractivity contribution in [3.63, 3.8) is 0 Å². The van der Waals surface area contributed by atoms with Gasteiger partial charge in [-0.15, -0.1) is 0 Å². The maximum Gasteiger partial charge on any atom is 0.596 e. The predicted molar refractivity (Wildman–Crippen MR) is 103 cm³/mol. The van der Waals surface area contributed by atoms with E-state index in [9.17, 15) is 0 Å². The van der Waals surface area contributed by atoms with Crippen LogP contribution in [0.1, 0.15) is 54.4 Å². The fourth-order valence-corrected chi connectivity index (χ4v) is 7.42. The first-order valence-corrected chi connectivity index (χ1v) is 13.3. The van der Waals surface area contributed by atoms with Crippen LogP contribution in [-0.2, 0) is 26.6 Å². The van der Waals surface area contributed by atoms with Gasteiger partial charge in [0.2, 0.25) is 0 Å². The second-order valence-electron chi connectivity index (χ2n) is 5.22. The lowest BCUT2D eigenvalue weighted by atomic mass is 10.3. The number of hydrogen-bond donors (Lipinski definition) is 1. The van der Waals surface area contributed by atoms with Crippen molar-refractivity contribution < 1.29 is 26.6 Å². The second-order valence-corrected chi connectivity index (χ2v) is 10.3. The molecule has 25 heavy (non-hydrogen) atoms. The highest BCUT2D eigenvalue weighted by Gasteiger charge is 2.42. The van der Waals surface area contributed by atoms with E-state index < -0.39 is 17.8 Å². The first kappa shape index (κ1) is 25.2. The van der Waals surface area contributed by atoms with Gasteiger partial charge in [-0.25, -0.2) is 0 Å². The summed E-state index contributed by atoms with van der Waals surface area (Å²) in [6, 6.07) is 0.816. The summed E-state index contributed by atoms with van der Waals surface area (Å²) in [5, 5.41) is 0. The monoisotopic (exact) mass is 397 g/mol. The fraction of sp³-hybridized carbons (Fsp3) is 1.00. The lowest BCUT2D eigenvalue weighted by molar-refractivity contribution is 0.0597. The SMILES string of the molecule is CCO[Si](CCCCN[Si](OCC)(OCC)OCC)(OCC)OCC. The summed E-state index contributed by atoms with van der Waals surface area (Å²) >= 11 is 0. The number of rotatable bonds is 18. The molecule has 0 aromatic heterocycles. The van der Waals surface area contributed by atoms with Gasteiger partial charge in [0.25, 0.3) is 0 Å². The van der Waals surface area contributed by atoms with Crippen molar-refractivity contribution in [3.05, 3.63) is 0 Å². The van der Waals surface area contributed by atoms with Crippen molar-refractivity contribution in [1.29, 1.82) is 0 Å². The molecule has 152 valence electrons. The first-order valence-electron chi connectivity index (χ1n) is 9.66. The molecule has 0 aromatic carbocycles. The van der Waals surface area contributed by atoms with Crippen LogP contribution < -0.4 is 4.98 Å². The van der Waals surface area contributed by atoms with Crippen LogP contribution >= 0.6 is 0 Å². The summed E-state index contributed by atoms with van der Waals surface area (Å²) in [7, 11) is -5.32. The predicted octanol–water partition coefficient (Wildman–Crippen LogP) is 2.95. The topological polar surface area (TPSA) is 67.4 Å². The molecule has 0 aliphatic heterocycles. The summed E-state index contributed by atoms with van der Waals surface area (Å²) in [6.07, 6.45) is 1.90. The van der Waals surface area contributed by atoms with E-state index in [1.54, 1.807) is 0 Å². The molecule has 0 heterocycles. The molecule has 0 spiro atoms. The molecule has 0 aliphatic carbocycles. The largest absolute Gasteiger partial charge is 0.596 e. The molecule has 0 aromatic rings. The van der Waals surface area contributed by atoms with Crippen molar-refractivity contribution in [1.82, 2.24) is 4.98 Å². The molecule has 0 saturated heterocycles. The minimum absolute atomic E-state index is 0.564. The fourth-order valence-electron chi connectivity index (χ4n) is 2.56. The van der Waals surface area contributed by atoms with E-state index >= 15 is 0 Å². The Morgan fingerprint density at radius 1 is 0.560 bits per heavy atom. The van der Waals surface area contributed by atoms with Crippen LogP contribution in [0.25, 0.3) is 0 Å². The van der Waals surface area contributed by atoms with Crippen LogP contribution in [0, 0.1) is 0 Å². The van der Waals surface area contributed by atoms with Crippen LogP contribution in [-0.4, -0.2) is 64.0 Å². The van der Waals surface area contributed by atoms with E-state index in [0.717, 1.165) is 25.4 Å². The molecule has 0 saturated carbocycles. The molecular weight excluding hydrogens is 358 g/mol. The summed E-state index contributed by atoms with van der Waals surface area (Å²) < 4.78 is 35.0. The Kier molecular flexibility index (Phi) is 15.3. The highest BCUT2D eigenvalue weighted by Crippen LogP contribution is 2.19. The molecule has 0 atom stereocenters. The highest BCUT2D eigenvalue weighted by atomic mass is 28.4. The lowest BCUT2D eigenvalue weighted by Gasteiger charge is -2.29. The molecule has 0 fully saturated rings. The number of unbranched alkanes of at least 4 members (excludes halogenated alkanes) is 1. The Hall–Kier alpha value is 0.154. The summed E-state index contributed by atoms with van der Waals surface area (Å²) in [5.74, 6) is 0. The molecule has 1 N–H and O–H groups in total. The highest BCUT2D eigenvalue weighted by molar-refractivity contribution is 6.60. The molecule has 7 nitrogen and oxygen atoms in total. The second kappa shape index (κ2) is 15.2. The van der Waals surface area contributed by atoms with Crippen LogP contribution in [0.5, 0.6) is 0 Å². The zero-order chi connectivity index (χ0) is 19.0. The van der Waals surface area contributed by atoms with Gasteiger partial charge < -0.3 is 26.6 Å². The first-order chi connectivity index (χ1) is 12.1. The minimum atomic E-state index is -2.77.